The van der Waals surface area contributed by atoms with Gasteiger partial charge in [-0.1, -0.05) is 13.0 Å². The maximum absolute atomic E-state index is 13.6. The van der Waals surface area contributed by atoms with Gasteiger partial charge in [-0.3, -0.25) is 14.6 Å². The van der Waals surface area contributed by atoms with Gasteiger partial charge >= 0.3 is 0 Å². The van der Waals surface area contributed by atoms with Crippen molar-refractivity contribution in [1.29, 1.82) is 0 Å². The zero-order valence-corrected chi connectivity index (χ0v) is 16.2. The smallest absolute Gasteiger partial charge is 0.274 e. The van der Waals surface area contributed by atoms with E-state index in [2.05, 4.69) is 20.9 Å². The molecular formula is C18H21Cl2FN4O2. The number of nitrogens with one attached hydrogen (secondary N) is 3. The summed E-state index contributed by atoms with van der Waals surface area (Å²) >= 11 is 0. The number of hydrogen-bond acceptors (Lipinski definition) is 4. The molecule has 1 fully saturated rings. The predicted octanol–water partition coefficient (Wildman–Crippen LogP) is 3.11. The van der Waals surface area contributed by atoms with Crippen molar-refractivity contribution >= 4 is 48.0 Å². The Kier molecular flexibility index (Phi) is 8.62. The van der Waals surface area contributed by atoms with Crippen molar-refractivity contribution in [3.8, 4) is 0 Å². The van der Waals surface area contributed by atoms with Crippen LogP contribution < -0.4 is 16.0 Å². The highest BCUT2D eigenvalue weighted by Crippen LogP contribution is 2.25. The fourth-order valence-electron chi connectivity index (χ4n) is 2.54. The molecule has 1 aromatic heterocycles. The summed E-state index contributed by atoms with van der Waals surface area (Å²) in [5, 5.41) is 8.50. The van der Waals surface area contributed by atoms with Crippen LogP contribution in [0.15, 0.2) is 42.6 Å². The summed E-state index contributed by atoms with van der Waals surface area (Å²) in [5.41, 5.74) is 0.788. The van der Waals surface area contributed by atoms with Gasteiger partial charge in [-0.15, -0.1) is 24.8 Å². The molecule has 0 spiro atoms. The van der Waals surface area contributed by atoms with Crippen LogP contribution in [0.1, 0.15) is 17.4 Å². The monoisotopic (exact) mass is 414 g/mol. The Labute approximate surface area is 169 Å². The molecule has 0 aliphatic carbocycles. The lowest BCUT2D eigenvalue weighted by atomic mass is 9.88. The van der Waals surface area contributed by atoms with Crippen LogP contribution in [0.5, 0.6) is 0 Å². The normalized spacial score (nSPS) is 14.0. The minimum atomic E-state index is -0.496. The predicted molar refractivity (Wildman–Crippen MR) is 107 cm³/mol. The van der Waals surface area contributed by atoms with Crippen molar-refractivity contribution in [1.82, 2.24) is 10.3 Å². The van der Waals surface area contributed by atoms with Gasteiger partial charge in [-0.05, 0) is 49.3 Å². The second-order valence-corrected chi connectivity index (χ2v) is 6.06. The Balaban J connectivity index is 0.00000182. The molecule has 3 N–H and O–H groups in total. The van der Waals surface area contributed by atoms with Gasteiger partial charge < -0.3 is 16.0 Å². The standard InChI is InChI=1S/C18H19FN4O2.2ClH/c1-11(12-9-20-10-12)17(24)23-16-8-13(19)5-6-14(16)22-18(25)15-4-2-3-7-21-15;;/h2-8,11-12,20H,9-10H2,1H3,(H,22,25)(H,23,24);2*1H. The van der Waals surface area contributed by atoms with Crippen LogP contribution in [0.4, 0.5) is 15.8 Å². The molecule has 2 amide bonds. The van der Waals surface area contributed by atoms with Crippen LogP contribution in [0.3, 0.4) is 0 Å². The number of pyridine rings is 1. The summed E-state index contributed by atoms with van der Waals surface area (Å²) < 4.78 is 13.6. The van der Waals surface area contributed by atoms with Crippen LogP contribution in [-0.4, -0.2) is 29.9 Å². The molecule has 1 unspecified atom stereocenters. The molecule has 2 aromatic rings. The van der Waals surface area contributed by atoms with E-state index in [-0.39, 0.29) is 53.9 Å². The zero-order valence-electron chi connectivity index (χ0n) is 14.6. The first-order valence-electron chi connectivity index (χ1n) is 8.08. The van der Waals surface area contributed by atoms with E-state index in [4.69, 9.17) is 0 Å². The summed E-state index contributed by atoms with van der Waals surface area (Å²) in [4.78, 5) is 28.6. The van der Waals surface area contributed by atoms with E-state index in [9.17, 15) is 14.0 Å². The molecule has 1 atom stereocenters. The first kappa shape index (κ1) is 22.8. The second kappa shape index (κ2) is 10.2. The lowest BCUT2D eigenvalue weighted by Crippen LogP contribution is -2.48. The van der Waals surface area contributed by atoms with Gasteiger partial charge in [0.05, 0.1) is 11.4 Å². The van der Waals surface area contributed by atoms with Crippen molar-refractivity contribution < 1.29 is 14.0 Å². The van der Waals surface area contributed by atoms with Gasteiger partial charge in [-0.25, -0.2) is 4.39 Å². The van der Waals surface area contributed by atoms with Crippen LogP contribution in [0.2, 0.25) is 0 Å². The van der Waals surface area contributed by atoms with Gasteiger partial charge in [0.15, 0.2) is 0 Å². The Hall–Kier alpha value is -2.22. The van der Waals surface area contributed by atoms with Crippen molar-refractivity contribution in [2.45, 2.75) is 6.92 Å². The van der Waals surface area contributed by atoms with Gasteiger partial charge in [0.25, 0.3) is 5.91 Å². The summed E-state index contributed by atoms with van der Waals surface area (Å²) in [6.07, 6.45) is 1.51. The molecule has 9 heteroatoms. The molecule has 1 aliphatic rings. The van der Waals surface area contributed by atoms with E-state index in [0.717, 1.165) is 13.1 Å². The zero-order chi connectivity index (χ0) is 17.8. The molecule has 2 heterocycles. The number of carbonyl (C=O) groups excluding carboxylic acids is 2. The molecule has 0 radical (unpaired) electrons. The van der Waals surface area contributed by atoms with Crippen LogP contribution >= 0.6 is 24.8 Å². The lowest BCUT2D eigenvalue weighted by Gasteiger charge is -2.31. The number of aromatic nitrogens is 1. The fraction of sp³-hybridized carbons (Fsp3) is 0.278. The molecule has 3 rings (SSSR count). The summed E-state index contributed by atoms with van der Waals surface area (Å²) in [5.74, 6) is -1.07. The molecular weight excluding hydrogens is 394 g/mol. The van der Waals surface area contributed by atoms with Gasteiger partial charge in [0.1, 0.15) is 11.5 Å². The Morgan fingerprint density at radius 3 is 2.48 bits per heavy atom. The molecule has 0 bridgehead atoms. The maximum Gasteiger partial charge on any atom is 0.274 e. The number of amides is 2. The van der Waals surface area contributed by atoms with Crippen LogP contribution in [0.25, 0.3) is 0 Å². The van der Waals surface area contributed by atoms with Crippen molar-refractivity contribution in [3.05, 3.63) is 54.1 Å². The molecule has 146 valence electrons. The van der Waals surface area contributed by atoms with E-state index < -0.39 is 11.7 Å². The fourth-order valence-corrected chi connectivity index (χ4v) is 2.54. The van der Waals surface area contributed by atoms with Gasteiger partial charge in [0.2, 0.25) is 5.91 Å². The Morgan fingerprint density at radius 2 is 1.89 bits per heavy atom. The van der Waals surface area contributed by atoms with Gasteiger partial charge in [-0.2, -0.15) is 0 Å². The molecule has 1 saturated heterocycles. The van der Waals surface area contributed by atoms with E-state index in [1.807, 2.05) is 6.92 Å². The number of hydrogen-bond donors (Lipinski definition) is 3. The van der Waals surface area contributed by atoms with E-state index >= 15 is 0 Å². The molecule has 1 aliphatic heterocycles. The number of anilines is 2. The van der Waals surface area contributed by atoms with E-state index in [0.29, 0.717) is 5.69 Å². The molecule has 1 aromatic carbocycles. The number of rotatable bonds is 5. The number of halogens is 3. The largest absolute Gasteiger partial charge is 0.324 e. The average Bonchev–Trinajstić information content (AvgIpc) is 2.56. The highest BCUT2D eigenvalue weighted by molar-refractivity contribution is 6.06. The van der Waals surface area contributed by atoms with Crippen LogP contribution in [0, 0.1) is 17.7 Å². The average molecular weight is 415 g/mol. The summed E-state index contributed by atoms with van der Waals surface area (Å²) in [6.45, 7) is 3.42. The van der Waals surface area contributed by atoms with Crippen molar-refractivity contribution in [2.75, 3.05) is 23.7 Å². The number of carbonyl (C=O) groups is 2. The minimum absolute atomic E-state index is 0. The SMILES string of the molecule is CC(C(=O)Nc1cc(F)ccc1NC(=O)c1ccccn1)C1CNC1.Cl.Cl. The number of nitrogens with zero attached hydrogens (tertiary/aromatic N) is 1. The Morgan fingerprint density at radius 1 is 1.15 bits per heavy atom. The third-order valence-corrected chi connectivity index (χ3v) is 4.32. The lowest BCUT2D eigenvalue weighted by molar-refractivity contribution is -0.121. The van der Waals surface area contributed by atoms with Gasteiger partial charge in [0, 0.05) is 12.1 Å². The maximum atomic E-state index is 13.6. The van der Waals surface area contributed by atoms with E-state index in [1.54, 1.807) is 18.2 Å². The van der Waals surface area contributed by atoms with Crippen molar-refractivity contribution in [3.63, 3.8) is 0 Å². The molecule has 0 saturated carbocycles. The van der Waals surface area contributed by atoms with Crippen LogP contribution in [-0.2, 0) is 4.79 Å². The third kappa shape index (κ3) is 5.63. The first-order valence-corrected chi connectivity index (χ1v) is 8.08. The van der Waals surface area contributed by atoms with Crippen molar-refractivity contribution in [2.24, 2.45) is 11.8 Å². The summed E-state index contributed by atoms with van der Waals surface area (Å²) in [6, 6.07) is 8.81. The number of benzene rings is 1. The summed E-state index contributed by atoms with van der Waals surface area (Å²) in [7, 11) is 0. The molecule has 27 heavy (non-hydrogen) atoms. The highest BCUT2D eigenvalue weighted by atomic mass is 35.5. The molecule has 6 nitrogen and oxygen atoms in total. The highest BCUT2D eigenvalue weighted by Gasteiger charge is 2.29. The quantitative estimate of drug-likeness (QED) is 0.701. The topological polar surface area (TPSA) is 83.1 Å². The Bertz CT molecular complexity index is 788. The van der Waals surface area contributed by atoms with E-state index in [1.165, 1.54) is 24.4 Å². The minimum Gasteiger partial charge on any atom is -0.324 e. The first-order chi connectivity index (χ1) is 12.0. The second-order valence-electron chi connectivity index (χ2n) is 6.06. The third-order valence-electron chi connectivity index (χ3n) is 4.32.